The summed E-state index contributed by atoms with van der Waals surface area (Å²) in [5.74, 6) is 0.759. The number of hydrogen-bond acceptors (Lipinski definition) is 3. The first-order valence-electron chi connectivity index (χ1n) is 6.59. The third kappa shape index (κ3) is 6.92. The highest BCUT2D eigenvalue weighted by Gasteiger charge is 2.17. The van der Waals surface area contributed by atoms with Gasteiger partial charge >= 0.3 is 6.09 Å². The second kappa shape index (κ2) is 8.53. The largest absolute Gasteiger partial charge is 0.465 e. The van der Waals surface area contributed by atoms with Gasteiger partial charge in [-0.05, 0) is 42.6 Å². The monoisotopic (exact) mass is 348 g/mol. The molecule has 1 aromatic heterocycles. The lowest BCUT2D eigenvalue weighted by Gasteiger charge is -2.18. The quantitative estimate of drug-likeness (QED) is 0.819. The first-order valence-corrected chi connectivity index (χ1v) is 8.20. The molecule has 1 amide bonds. The maximum absolute atomic E-state index is 9.70. The van der Waals surface area contributed by atoms with Gasteiger partial charge in [-0.2, -0.15) is 0 Å². The number of carboxylic acid groups (broad SMARTS) is 1. The van der Waals surface area contributed by atoms with Crippen LogP contribution < -0.4 is 5.32 Å². The third-order valence-electron chi connectivity index (χ3n) is 2.86. The second-order valence-corrected chi connectivity index (χ2v) is 7.38. The average molecular weight is 349 g/mol. The van der Waals surface area contributed by atoms with Crippen LogP contribution in [0.4, 0.5) is 4.79 Å². The van der Waals surface area contributed by atoms with Crippen LogP contribution in [0.15, 0.2) is 9.98 Å². The van der Waals surface area contributed by atoms with Crippen LogP contribution in [0.5, 0.6) is 0 Å². The van der Waals surface area contributed by atoms with Crippen LogP contribution >= 0.6 is 27.3 Å². The van der Waals surface area contributed by atoms with Crippen molar-refractivity contribution in [3.05, 3.63) is 15.0 Å². The van der Waals surface area contributed by atoms with E-state index in [0.29, 0.717) is 0 Å². The fourth-order valence-corrected chi connectivity index (χ4v) is 3.47. The zero-order chi connectivity index (χ0) is 14.3. The Morgan fingerprint density at radius 2 is 2.11 bits per heavy atom. The van der Waals surface area contributed by atoms with Crippen molar-refractivity contribution in [3.8, 4) is 0 Å². The lowest BCUT2D eigenvalue weighted by Crippen LogP contribution is -2.27. The van der Waals surface area contributed by atoms with Crippen LogP contribution in [0.1, 0.15) is 56.9 Å². The predicted molar refractivity (Wildman–Crippen MR) is 81.9 cm³/mol. The Bertz CT molecular complexity index is 390. The van der Waals surface area contributed by atoms with Crippen LogP contribution in [0.3, 0.4) is 0 Å². The molecule has 0 spiro atoms. The minimum atomic E-state index is -0.963. The normalized spacial score (nSPS) is 15.8. The molecule has 0 aromatic carbocycles. The first kappa shape index (κ1) is 16.4. The van der Waals surface area contributed by atoms with Crippen LogP contribution in [0.25, 0.3) is 0 Å². The van der Waals surface area contributed by atoms with Crippen molar-refractivity contribution >= 4 is 33.4 Å². The molecule has 2 N–H and O–H groups in total. The molecule has 1 aromatic rings. The SMILES string of the molecule is Brc1cnc(C2CCCCC2)s1.CC(C)NC(=O)O. The summed E-state index contributed by atoms with van der Waals surface area (Å²) >= 11 is 5.25. The van der Waals surface area contributed by atoms with Gasteiger partial charge in [0.15, 0.2) is 0 Å². The van der Waals surface area contributed by atoms with Crippen LogP contribution in [-0.2, 0) is 0 Å². The van der Waals surface area contributed by atoms with Gasteiger partial charge in [-0.3, -0.25) is 0 Å². The zero-order valence-electron chi connectivity index (χ0n) is 11.4. The summed E-state index contributed by atoms with van der Waals surface area (Å²) in [4.78, 5) is 14.1. The molecule has 1 fully saturated rings. The number of nitrogens with one attached hydrogen (secondary N) is 1. The van der Waals surface area contributed by atoms with Crippen molar-refractivity contribution < 1.29 is 9.90 Å². The van der Waals surface area contributed by atoms with Gasteiger partial charge in [0.1, 0.15) is 0 Å². The fraction of sp³-hybridized carbons (Fsp3) is 0.692. The van der Waals surface area contributed by atoms with Gasteiger partial charge in [0.2, 0.25) is 0 Å². The average Bonchev–Trinajstić information content (AvgIpc) is 2.76. The number of aromatic nitrogens is 1. The van der Waals surface area contributed by atoms with Gasteiger partial charge in [-0.1, -0.05) is 19.3 Å². The van der Waals surface area contributed by atoms with E-state index in [1.54, 1.807) is 25.2 Å². The Balaban J connectivity index is 0.000000224. The number of rotatable bonds is 2. The molecule has 0 atom stereocenters. The maximum atomic E-state index is 9.70. The molecule has 0 saturated heterocycles. The van der Waals surface area contributed by atoms with E-state index < -0.39 is 6.09 Å². The minimum Gasteiger partial charge on any atom is -0.465 e. The predicted octanol–water partition coefficient (Wildman–Crippen LogP) is 4.62. The fourth-order valence-electron chi connectivity index (χ4n) is 2.05. The molecule has 1 aliphatic carbocycles. The molecule has 19 heavy (non-hydrogen) atoms. The van der Waals surface area contributed by atoms with Crippen LogP contribution in [-0.4, -0.2) is 22.2 Å². The highest BCUT2D eigenvalue weighted by Crippen LogP contribution is 2.35. The van der Waals surface area contributed by atoms with E-state index in [4.69, 9.17) is 5.11 Å². The third-order valence-corrected chi connectivity index (χ3v) is 4.50. The number of thiazole rings is 1. The maximum Gasteiger partial charge on any atom is 0.404 e. The zero-order valence-corrected chi connectivity index (χ0v) is 13.8. The molecule has 1 saturated carbocycles. The van der Waals surface area contributed by atoms with E-state index in [-0.39, 0.29) is 6.04 Å². The van der Waals surface area contributed by atoms with Crippen molar-refractivity contribution in [3.63, 3.8) is 0 Å². The Labute approximate surface area is 126 Å². The number of hydrogen-bond donors (Lipinski definition) is 2. The van der Waals surface area contributed by atoms with E-state index in [9.17, 15) is 4.79 Å². The summed E-state index contributed by atoms with van der Waals surface area (Å²) in [5, 5.41) is 11.5. The van der Waals surface area contributed by atoms with E-state index >= 15 is 0 Å². The molecule has 0 unspecified atom stereocenters. The summed E-state index contributed by atoms with van der Waals surface area (Å²) in [7, 11) is 0. The molecule has 4 nitrogen and oxygen atoms in total. The lowest BCUT2D eigenvalue weighted by atomic mass is 9.90. The minimum absolute atomic E-state index is 0.0255. The number of halogens is 1. The molecule has 0 aliphatic heterocycles. The summed E-state index contributed by atoms with van der Waals surface area (Å²) in [6, 6.07) is 0.0255. The Hall–Kier alpha value is -0.620. The molecule has 1 heterocycles. The summed E-state index contributed by atoms with van der Waals surface area (Å²) in [6.07, 6.45) is 7.86. The Kier molecular flexibility index (Phi) is 7.38. The number of nitrogens with zero attached hydrogens (tertiary/aromatic N) is 1. The van der Waals surface area contributed by atoms with Crippen LogP contribution in [0, 0.1) is 0 Å². The smallest absolute Gasteiger partial charge is 0.404 e. The first-order chi connectivity index (χ1) is 8.99. The van der Waals surface area contributed by atoms with Crippen LogP contribution in [0.2, 0.25) is 0 Å². The van der Waals surface area contributed by atoms with Crippen molar-refractivity contribution in [1.82, 2.24) is 10.3 Å². The Morgan fingerprint density at radius 1 is 1.47 bits per heavy atom. The van der Waals surface area contributed by atoms with Gasteiger partial charge in [-0.25, -0.2) is 9.78 Å². The summed E-state index contributed by atoms with van der Waals surface area (Å²) in [5.41, 5.74) is 0. The van der Waals surface area contributed by atoms with Gasteiger partial charge in [0.05, 0.1) is 15.0 Å². The van der Waals surface area contributed by atoms with Gasteiger partial charge in [0.25, 0.3) is 0 Å². The molecule has 0 radical (unpaired) electrons. The number of carbonyl (C=O) groups is 1. The van der Waals surface area contributed by atoms with Gasteiger partial charge < -0.3 is 10.4 Å². The van der Waals surface area contributed by atoms with E-state index in [0.717, 1.165) is 5.92 Å². The molecular weight excluding hydrogens is 328 g/mol. The Morgan fingerprint density at radius 3 is 2.47 bits per heavy atom. The van der Waals surface area contributed by atoms with E-state index in [2.05, 4.69) is 26.2 Å². The van der Waals surface area contributed by atoms with Gasteiger partial charge in [0, 0.05) is 12.0 Å². The van der Waals surface area contributed by atoms with E-state index in [1.807, 2.05) is 6.20 Å². The molecule has 2 rings (SSSR count). The van der Waals surface area contributed by atoms with Gasteiger partial charge in [-0.15, -0.1) is 11.3 Å². The molecule has 0 bridgehead atoms. The van der Waals surface area contributed by atoms with E-state index in [1.165, 1.54) is 40.9 Å². The highest BCUT2D eigenvalue weighted by molar-refractivity contribution is 9.11. The molecule has 6 heteroatoms. The standard InChI is InChI=1S/C9H12BrNS.C4H9NO2/c10-8-6-11-9(12-8)7-4-2-1-3-5-7;1-3(2)5-4(6)7/h6-7H,1-5H2;3,5H,1-2H3,(H,6,7). The second-order valence-electron chi connectivity index (χ2n) is 4.94. The molecule has 108 valence electrons. The lowest BCUT2D eigenvalue weighted by molar-refractivity contribution is 0.191. The molecular formula is C13H21BrN2O2S. The van der Waals surface area contributed by atoms with Crippen molar-refractivity contribution in [2.45, 2.75) is 57.9 Å². The number of amides is 1. The summed E-state index contributed by atoms with van der Waals surface area (Å²) < 4.78 is 1.17. The molecule has 1 aliphatic rings. The topological polar surface area (TPSA) is 62.2 Å². The van der Waals surface area contributed by atoms with Crippen molar-refractivity contribution in [1.29, 1.82) is 0 Å². The highest BCUT2D eigenvalue weighted by atomic mass is 79.9. The van der Waals surface area contributed by atoms with Crippen molar-refractivity contribution in [2.24, 2.45) is 0 Å². The summed E-state index contributed by atoms with van der Waals surface area (Å²) in [6.45, 7) is 3.54. The van der Waals surface area contributed by atoms with Crippen molar-refractivity contribution in [2.75, 3.05) is 0 Å².